The second-order valence-corrected chi connectivity index (χ2v) is 5.43. The van der Waals surface area contributed by atoms with Crippen LogP contribution >= 0.6 is 0 Å². The van der Waals surface area contributed by atoms with Gasteiger partial charge < -0.3 is 9.64 Å². The molecule has 3 fully saturated rings. The Morgan fingerprint density at radius 3 is 2.71 bits per heavy atom. The molecule has 17 heavy (non-hydrogen) atoms. The van der Waals surface area contributed by atoms with Crippen LogP contribution in [0.15, 0.2) is 0 Å². The summed E-state index contributed by atoms with van der Waals surface area (Å²) in [4.78, 5) is 26.1. The van der Waals surface area contributed by atoms with Crippen molar-refractivity contribution in [2.45, 2.75) is 32.8 Å². The van der Waals surface area contributed by atoms with Crippen LogP contribution in [0.5, 0.6) is 0 Å². The van der Waals surface area contributed by atoms with E-state index in [9.17, 15) is 9.59 Å². The van der Waals surface area contributed by atoms with Crippen molar-refractivity contribution < 1.29 is 14.3 Å². The van der Waals surface area contributed by atoms with Crippen LogP contribution < -0.4 is 0 Å². The monoisotopic (exact) mass is 237 g/mol. The number of esters is 1. The molecule has 4 nitrogen and oxygen atoms in total. The second-order valence-electron chi connectivity index (χ2n) is 5.43. The van der Waals surface area contributed by atoms with Gasteiger partial charge in [0.25, 0.3) is 0 Å². The fourth-order valence-corrected chi connectivity index (χ4v) is 4.09. The molecule has 94 valence electrons. The smallest absolute Gasteiger partial charge is 0.310 e. The van der Waals surface area contributed by atoms with E-state index in [0.717, 1.165) is 25.9 Å². The van der Waals surface area contributed by atoms with Gasteiger partial charge in [0.1, 0.15) is 6.10 Å². The Morgan fingerprint density at radius 2 is 2.06 bits per heavy atom. The fraction of sp³-hybridized carbons (Fsp3) is 0.846. The Hall–Kier alpha value is -1.06. The highest BCUT2D eigenvalue weighted by atomic mass is 16.6. The van der Waals surface area contributed by atoms with Crippen molar-refractivity contribution in [3.05, 3.63) is 0 Å². The van der Waals surface area contributed by atoms with Crippen LogP contribution in [0.4, 0.5) is 0 Å². The van der Waals surface area contributed by atoms with E-state index in [-0.39, 0.29) is 29.8 Å². The molecule has 0 unspecified atom stereocenters. The van der Waals surface area contributed by atoms with Crippen molar-refractivity contribution in [3.63, 3.8) is 0 Å². The molecule has 0 aromatic rings. The summed E-state index contributed by atoms with van der Waals surface area (Å²) >= 11 is 0. The lowest BCUT2D eigenvalue weighted by atomic mass is 9.79. The van der Waals surface area contributed by atoms with Gasteiger partial charge in [0.15, 0.2) is 0 Å². The first-order valence-electron chi connectivity index (χ1n) is 6.66. The van der Waals surface area contributed by atoms with Gasteiger partial charge in [0.05, 0.1) is 11.8 Å². The van der Waals surface area contributed by atoms with E-state index in [4.69, 9.17) is 4.74 Å². The summed E-state index contributed by atoms with van der Waals surface area (Å²) in [6.07, 6.45) is 2.04. The van der Waals surface area contributed by atoms with Gasteiger partial charge in [-0.15, -0.1) is 0 Å². The van der Waals surface area contributed by atoms with Crippen molar-refractivity contribution in [2.24, 2.45) is 23.7 Å². The molecule has 2 aliphatic carbocycles. The minimum Gasteiger partial charge on any atom is -0.462 e. The molecular formula is C13H19NO3. The van der Waals surface area contributed by atoms with E-state index < -0.39 is 0 Å². The summed E-state index contributed by atoms with van der Waals surface area (Å²) in [5.41, 5.74) is 0. The van der Waals surface area contributed by atoms with E-state index in [1.54, 1.807) is 0 Å². The van der Waals surface area contributed by atoms with Crippen LogP contribution in [0.25, 0.3) is 0 Å². The molecule has 2 saturated carbocycles. The standard InChI is InChI=1S/C13H19NO3/c1-3-14(4-2)12(15)10-7-5-8-9(6-7)17-13(16)11(8)10/h7-11H,3-6H2,1-2H3/t7-,8-,9+,10+,11-/m0/s1. The highest BCUT2D eigenvalue weighted by molar-refractivity contribution is 5.88. The van der Waals surface area contributed by atoms with Gasteiger partial charge in [-0.2, -0.15) is 0 Å². The molecule has 0 radical (unpaired) electrons. The number of rotatable bonds is 3. The maximum absolute atomic E-state index is 12.4. The molecule has 2 bridgehead atoms. The van der Waals surface area contributed by atoms with Crippen molar-refractivity contribution in [1.82, 2.24) is 4.90 Å². The van der Waals surface area contributed by atoms with Crippen LogP contribution in [-0.2, 0) is 14.3 Å². The molecular weight excluding hydrogens is 218 g/mol. The largest absolute Gasteiger partial charge is 0.462 e. The SMILES string of the molecule is CCN(CC)C(=O)[C@@H]1[C@H]2C[C@@H]3[C@@H]1C(=O)O[C@@H]3C2. The van der Waals surface area contributed by atoms with Crippen LogP contribution in [-0.4, -0.2) is 36.0 Å². The summed E-state index contributed by atoms with van der Waals surface area (Å²) in [6.45, 7) is 5.44. The molecule has 0 aromatic carbocycles. The Labute approximate surface area is 101 Å². The number of carbonyl (C=O) groups excluding carboxylic acids is 2. The number of nitrogens with zero attached hydrogens (tertiary/aromatic N) is 1. The third-order valence-corrected chi connectivity index (χ3v) is 4.84. The minimum atomic E-state index is -0.133. The number of amides is 1. The fourth-order valence-electron chi connectivity index (χ4n) is 4.09. The molecule has 1 saturated heterocycles. The van der Waals surface area contributed by atoms with Gasteiger partial charge >= 0.3 is 5.97 Å². The Bertz CT molecular complexity index is 362. The molecule has 5 atom stereocenters. The van der Waals surface area contributed by atoms with Gasteiger partial charge in [-0.25, -0.2) is 0 Å². The summed E-state index contributed by atoms with van der Waals surface area (Å²) in [6, 6.07) is 0. The van der Waals surface area contributed by atoms with Crippen LogP contribution in [0.1, 0.15) is 26.7 Å². The van der Waals surface area contributed by atoms with Crippen molar-refractivity contribution in [1.29, 1.82) is 0 Å². The number of hydrogen-bond acceptors (Lipinski definition) is 3. The first-order valence-corrected chi connectivity index (χ1v) is 6.66. The van der Waals surface area contributed by atoms with E-state index >= 15 is 0 Å². The summed E-state index contributed by atoms with van der Waals surface area (Å²) in [5.74, 6) is 0.542. The zero-order valence-corrected chi connectivity index (χ0v) is 10.4. The van der Waals surface area contributed by atoms with Crippen LogP contribution in [0, 0.1) is 23.7 Å². The Kier molecular flexibility index (Phi) is 2.42. The molecule has 0 aromatic heterocycles. The summed E-state index contributed by atoms with van der Waals surface area (Å²) in [5, 5.41) is 0. The van der Waals surface area contributed by atoms with E-state index in [0.29, 0.717) is 11.8 Å². The molecule has 1 heterocycles. The third kappa shape index (κ3) is 1.36. The van der Waals surface area contributed by atoms with Crippen molar-refractivity contribution >= 4 is 11.9 Å². The highest BCUT2D eigenvalue weighted by Crippen LogP contribution is 2.58. The lowest BCUT2D eigenvalue weighted by Gasteiger charge is -2.29. The molecule has 1 aliphatic heterocycles. The third-order valence-electron chi connectivity index (χ3n) is 4.84. The first-order chi connectivity index (χ1) is 8.17. The van der Waals surface area contributed by atoms with Gasteiger partial charge in [0.2, 0.25) is 5.91 Å². The molecule has 3 aliphatic rings. The van der Waals surface area contributed by atoms with Gasteiger partial charge in [-0.05, 0) is 32.6 Å². The molecule has 4 heteroatoms. The number of carbonyl (C=O) groups is 2. The summed E-state index contributed by atoms with van der Waals surface area (Å²) < 4.78 is 5.36. The summed E-state index contributed by atoms with van der Waals surface area (Å²) in [7, 11) is 0. The van der Waals surface area contributed by atoms with Gasteiger partial charge in [-0.1, -0.05) is 0 Å². The Balaban J connectivity index is 1.85. The second kappa shape index (κ2) is 3.72. The van der Waals surface area contributed by atoms with E-state index in [2.05, 4.69) is 0 Å². The number of hydrogen-bond donors (Lipinski definition) is 0. The first kappa shape index (κ1) is 11.1. The average Bonchev–Trinajstić information content (AvgIpc) is 2.90. The lowest BCUT2D eigenvalue weighted by Crippen LogP contribution is -2.42. The average molecular weight is 237 g/mol. The molecule has 0 spiro atoms. The maximum atomic E-state index is 12.4. The van der Waals surface area contributed by atoms with Gasteiger partial charge in [0, 0.05) is 19.0 Å². The zero-order chi connectivity index (χ0) is 12.2. The topological polar surface area (TPSA) is 46.6 Å². The number of fused-ring (bicyclic) bond motifs is 1. The highest BCUT2D eigenvalue weighted by Gasteiger charge is 2.64. The number of ether oxygens (including phenoxy) is 1. The van der Waals surface area contributed by atoms with E-state index in [1.807, 2.05) is 18.7 Å². The molecule has 0 N–H and O–H groups in total. The van der Waals surface area contributed by atoms with Crippen molar-refractivity contribution in [2.75, 3.05) is 13.1 Å². The normalized spacial score (nSPS) is 41.8. The lowest BCUT2D eigenvalue weighted by molar-refractivity contribution is -0.148. The Morgan fingerprint density at radius 1 is 1.35 bits per heavy atom. The maximum Gasteiger partial charge on any atom is 0.310 e. The van der Waals surface area contributed by atoms with Crippen LogP contribution in [0.3, 0.4) is 0 Å². The predicted octanol–water partition coefficient (Wildman–Crippen LogP) is 1.05. The molecule has 3 rings (SSSR count). The van der Waals surface area contributed by atoms with E-state index in [1.165, 1.54) is 0 Å². The van der Waals surface area contributed by atoms with Crippen molar-refractivity contribution in [3.8, 4) is 0 Å². The predicted molar refractivity (Wildman–Crippen MR) is 61.0 cm³/mol. The van der Waals surface area contributed by atoms with Gasteiger partial charge in [-0.3, -0.25) is 9.59 Å². The quantitative estimate of drug-likeness (QED) is 0.689. The van der Waals surface area contributed by atoms with Crippen LogP contribution in [0.2, 0.25) is 0 Å². The minimum absolute atomic E-state index is 0.0915. The molecule has 1 amide bonds. The zero-order valence-electron chi connectivity index (χ0n) is 10.4.